The molecule has 1 aromatic carbocycles. The van der Waals surface area contributed by atoms with E-state index in [1.54, 1.807) is 29.1 Å². The lowest BCUT2D eigenvalue weighted by atomic mass is 10.1. The maximum absolute atomic E-state index is 12.5. The molecule has 112 valence electrons. The van der Waals surface area contributed by atoms with Gasteiger partial charge in [0.25, 0.3) is 5.91 Å². The normalized spacial score (nSPS) is 10.7. The topological polar surface area (TPSA) is 76.2 Å². The zero-order chi connectivity index (χ0) is 15.6. The van der Waals surface area contributed by atoms with Crippen molar-refractivity contribution >= 4 is 23.1 Å². The summed E-state index contributed by atoms with van der Waals surface area (Å²) in [7, 11) is 3.78. The number of carbonyl (C=O) groups excluding carboxylic acids is 1. The summed E-state index contributed by atoms with van der Waals surface area (Å²) in [6, 6.07) is 7.25. The van der Waals surface area contributed by atoms with Crippen molar-refractivity contribution in [1.29, 1.82) is 0 Å². The summed E-state index contributed by atoms with van der Waals surface area (Å²) in [6.45, 7) is 4.02. The second-order valence-electron chi connectivity index (χ2n) is 5.38. The summed E-state index contributed by atoms with van der Waals surface area (Å²) in [5, 5.41) is 7.09. The summed E-state index contributed by atoms with van der Waals surface area (Å²) in [6.07, 6.45) is 1.67. The summed E-state index contributed by atoms with van der Waals surface area (Å²) < 4.78 is 1.76. The third kappa shape index (κ3) is 3.16. The minimum Gasteiger partial charge on any atom is -0.399 e. The number of hydrogen-bond acceptors (Lipinski definition) is 4. The lowest BCUT2D eigenvalue weighted by molar-refractivity contribution is 0.102. The van der Waals surface area contributed by atoms with Crippen molar-refractivity contribution in [3.63, 3.8) is 0 Å². The summed E-state index contributed by atoms with van der Waals surface area (Å²) in [4.78, 5) is 14.4. The molecule has 0 bridgehead atoms. The van der Waals surface area contributed by atoms with Crippen molar-refractivity contribution < 1.29 is 4.79 Å². The molecule has 3 N–H and O–H groups in total. The first-order chi connectivity index (χ1) is 9.90. The Morgan fingerprint density at radius 3 is 2.67 bits per heavy atom. The lowest BCUT2D eigenvalue weighted by Crippen LogP contribution is -2.20. The smallest absolute Gasteiger partial charge is 0.258 e. The third-order valence-corrected chi connectivity index (χ3v) is 3.15. The second kappa shape index (κ2) is 5.87. The first-order valence-electron chi connectivity index (χ1n) is 6.82. The van der Waals surface area contributed by atoms with E-state index < -0.39 is 0 Å². The van der Waals surface area contributed by atoms with Gasteiger partial charge in [-0.3, -0.25) is 4.79 Å². The number of nitrogens with one attached hydrogen (secondary N) is 1. The van der Waals surface area contributed by atoms with Gasteiger partial charge in [0.1, 0.15) is 5.82 Å². The Hall–Kier alpha value is -2.50. The van der Waals surface area contributed by atoms with E-state index in [1.165, 1.54) is 0 Å². The van der Waals surface area contributed by atoms with Gasteiger partial charge < -0.3 is 16.0 Å². The second-order valence-corrected chi connectivity index (χ2v) is 5.38. The van der Waals surface area contributed by atoms with Crippen LogP contribution in [-0.2, 0) is 0 Å². The average molecular weight is 287 g/mol. The van der Waals surface area contributed by atoms with Gasteiger partial charge in [-0.15, -0.1) is 0 Å². The van der Waals surface area contributed by atoms with Crippen LogP contribution in [-0.4, -0.2) is 29.8 Å². The van der Waals surface area contributed by atoms with Crippen LogP contribution < -0.4 is 16.0 Å². The number of rotatable bonds is 4. The lowest BCUT2D eigenvalue weighted by Gasteiger charge is -2.18. The van der Waals surface area contributed by atoms with Crippen LogP contribution in [0.4, 0.5) is 17.2 Å². The van der Waals surface area contributed by atoms with Crippen LogP contribution in [0.25, 0.3) is 0 Å². The number of aromatic nitrogens is 2. The Morgan fingerprint density at radius 1 is 1.33 bits per heavy atom. The van der Waals surface area contributed by atoms with Gasteiger partial charge in [-0.1, -0.05) is 0 Å². The van der Waals surface area contributed by atoms with Crippen LogP contribution in [0, 0.1) is 0 Å². The Bertz CT molecular complexity index is 645. The largest absolute Gasteiger partial charge is 0.399 e. The Balaban J connectivity index is 2.32. The van der Waals surface area contributed by atoms with Gasteiger partial charge in [-0.2, -0.15) is 5.10 Å². The molecule has 0 atom stereocenters. The van der Waals surface area contributed by atoms with Crippen LogP contribution in [0.2, 0.25) is 0 Å². The SMILES string of the molecule is CC(C)n1nccc1NC(=O)c1cc(N)ccc1N(C)C. The molecule has 0 saturated heterocycles. The summed E-state index contributed by atoms with van der Waals surface area (Å²) >= 11 is 0. The van der Waals surface area contributed by atoms with E-state index in [2.05, 4.69) is 10.4 Å². The predicted octanol–water partition coefficient (Wildman–Crippen LogP) is 2.36. The van der Waals surface area contributed by atoms with E-state index in [9.17, 15) is 4.79 Å². The van der Waals surface area contributed by atoms with Crippen LogP contribution in [0.1, 0.15) is 30.2 Å². The van der Waals surface area contributed by atoms with Gasteiger partial charge in [0, 0.05) is 37.6 Å². The highest BCUT2D eigenvalue weighted by atomic mass is 16.1. The molecule has 0 aliphatic carbocycles. The van der Waals surface area contributed by atoms with E-state index in [4.69, 9.17) is 5.73 Å². The van der Waals surface area contributed by atoms with Gasteiger partial charge in [0.15, 0.2) is 0 Å². The van der Waals surface area contributed by atoms with Crippen molar-refractivity contribution in [2.75, 3.05) is 30.0 Å². The highest BCUT2D eigenvalue weighted by Crippen LogP contribution is 2.23. The van der Waals surface area contributed by atoms with Crippen molar-refractivity contribution in [1.82, 2.24) is 9.78 Å². The molecule has 1 amide bonds. The molecule has 2 rings (SSSR count). The molecular formula is C15H21N5O. The first-order valence-corrected chi connectivity index (χ1v) is 6.82. The molecule has 1 aromatic heterocycles. The number of nitrogens with zero attached hydrogens (tertiary/aromatic N) is 3. The molecule has 2 aromatic rings. The highest BCUT2D eigenvalue weighted by molar-refractivity contribution is 6.08. The van der Waals surface area contributed by atoms with Crippen LogP contribution in [0.15, 0.2) is 30.5 Å². The van der Waals surface area contributed by atoms with Gasteiger partial charge in [0.2, 0.25) is 0 Å². The molecule has 21 heavy (non-hydrogen) atoms. The molecule has 1 heterocycles. The molecule has 0 fully saturated rings. The molecule has 0 saturated carbocycles. The van der Waals surface area contributed by atoms with E-state index in [-0.39, 0.29) is 11.9 Å². The monoisotopic (exact) mass is 287 g/mol. The molecule has 0 unspecified atom stereocenters. The van der Waals surface area contributed by atoms with E-state index in [0.717, 1.165) is 5.69 Å². The highest BCUT2D eigenvalue weighted by Gasteiger charge is 2.16. The number of hydrogen-bond donors (Lipinski definition) is 2. The molecular weight excluding hydrogens is 266 g/mol. The minimum atomic E-state index is -0.201. The number of nitrogen functional groups attached to an aromatic ring is 1. The van der Waals surface area contributed by atoms with Crippen LogP contribution >= 0.6 is 0 Å². The van der Waals surface area contributed by atoms with Crippen LogP contribution in [0.5, 0.6) is 0 Å². The van der Waals surface area contributed by atoms with Gasteiger partial charge >= 0.3 is 0 Å². The fourth-order valence-corrected chi connectivity index (χ4v) is 2.13. The quantitative estimate of drug-likeness (QED) is 0.846. The fourth-order valence-electron chi connectivity index (χ4n) is 2.13. The Morgan fingerprint density at radius 2 is 2.05 bits per heavy atom. The number of benzene rings is 1. The maximum atomic E-state index is 12.5. The zero-order valence-corrected chi connectivity index (χ0v) is 12.8. The van der Waals surface area contributed by atoms with Gasteiger partial charge in [0.05, 0.1) is 11.8 Å². The molecule has 0 radical (unpaired) electrons. The molecule has 6 nitrogen and oxygen atoms in total. The first kappa shape index (κ1) is 14.9. The third-order valence-electron chi connectivity index (χ3n) is 3.15. The van der Waals surface area contributed by atoms with E-state index in [1.807, 2.05) is 38.9 Å². The van der Waals surface area contributed by atoms with Crippen molar-refractivity contribution in [2.45, 2.75) is 19.9 Å². The van der Waals surface area contributed by atoms with Crippen molar-refractivity contribution in [3.05, 3.63) is 36.0 Å². The molecule has 6 heteroatoms. The number of carbonyl (C=O) groups is 1. The molecule has 0 aliphatic heterocycles. The zero-order valence-electron chi connectivity index (χ0n) is 12.8. The van der Waals surface area contributed by atoms with Crippen molar-refractivity contribution in [2.24, 2.45) is 0 Å². The number of amides is 1. The maximum Gasteiger partial charge on any atom is 0.258 e. The number of nitrogens with two attached hydrogens (primary N) is 1. The Labute approximate surface area is 124 Å². The average Bonchev–Trinajstić information content (AvgIpc) is 2.86. The van der Waals surface area contributed by atoms with Gasteiger partial charge in [-0.05, 0) is 32.0 Å². The fraction of sp³-hybridized carbons (Fsp3) is 0.333. The Kier molecular flexibility index (Phi) is 4.16. The minimum absolute atomic E-state index is 0.171. The van der Waals surface area contributed by atoms with Gasteiger partial charge in [-0.25, -0.2) is 4.68 Å². The van der Waals surface area contributed by atoms with E-state index >= 15 is 0 Å². The van der Waals surface area contributed by atoms with Crippen molar-refractivity contribution in [3.8, 4) is 0 Å². The predicted molar refractivity (Wildman–Crippen MR) is 85.7 cm³/mol. The van der Waals surface area contributed by atoms with E-state index in [0.29, 0.717) is 17.1 Å². The number of anilines is 3. The standard InChI is InChI=1S/C15H21N5O/c1-10(2)20-14(7-8-17-20)18-15(21)12-9-11(16)5-6-13(12)19(3)4/h5-10H,16H2,1-4H3,(H,18,21). The molecule has 0 aliphatic rings. The molecule has 0 spiro atoms. The van der Waals surface area contributed by atoms with Crippen LogP contribution in [0.3, 0.4) is 0 Å². The summed E-state index contributed by atoms with van der Waals surface area (Å²) in [5.41, 5.74) is 7.71. The summed E-state index contributed by atoms with van der Waals surface area (Å²) in [5.74, 6) is 0.468.